The van der Waals surface area contributed by atoms with Crippen LogP contribution < -0.4 is 4.90 Å². The first-order valence-electron chi connectivity index (χ1n) is 7.80. The summed E-state index contributed by atoms with van der Waals surface area (Å²) in [6.45, 7) is 3.44. The summed E-state index contributed by atoms with van der Waals surface area (Å²) < 4.78 is 6.87. The summed E-state index contributed by atoms with van der Waals surface area (Å²) in [5.41, 5.74) is 2.60. The molecule has 3 rings (SSSR count). The zero-order valence-corrected chi connectivity index (χ0v) is 15.2. The molecule has 0 bridgehead atoms. The molecule has 1 aliphatic rings. The Hall–Kier alpha value is -2.43. The van der Waals surface area contributed by atoms with E-state index >= 15 is 0 Å². The Balaban J connectivity index is 1.93. The van der Waals surface area contributed by atoms with E-state index in [1.165, 1.54) is 6.07 Å². The van der Waals surface area contributed by atoms with E-state index in [9.17, 15) is 15.4 Å². The van der Waals surface area contributed by atoms with Crippen LogP contribution in [0.25, 0.3) is 0 Å². The lowest BCUT2D eigenvalue weighted by atomic mass is 10.0. The zero-order valence-electron chi connectivity index (χ0n) is 13.6. The number of nitro groups is 1. The summed E-state index contributed by atoms with van der Waals surface area (Å²) in [5.74, 6) is 0. The highest BCUT2D eigenvalue weighted by Gasteiger charge is 2.26. The van der Waals surface area contributed by atoms with Gasteiger partial charge in [-0.25, -0.2) is 0 Å². The van der Waals surface area contributed by atoms with Crippen LogP contribution in [0.15, 0.2) is 40.9 Å². The Kier molecular flexibility index (Phi) is 5.02. The average Bonchev–Trinajstić information content (AvgIpc) is 2.62. The van der Waals surface area contributed by atoms with Gasteiger partial charge in [0.25, 0.3) is 5.69 Å². The number of rotatable bonds is 3. The lowest BCUT2D eigenvalue weighted by molar-refractivity contribution is -0.385. The number of anilines is 1. The number of nitriles is 1. The Bertz CT molecular complexity index is 846. The largest absolute Gasteiger partial charge is 0.370 e. The second-order valence-corrected chi connectivity index (χ2v) is 6.78. The quantitative estimate of drug-likeness (QED) is 0.570. The predicted molar refractivity (Wildman–Crippen MR) is 97.6 cm³/mol. The average molecular weight is 402 g/mol. The van der Waals surface area contributed by atoms with Gasteiger partial charge in [0.1, 0.15) is 6.10 Å². The first-order chi connectivity index (χ1) is 12.0. The maximum Gasteiger partial charge on any atom is 0.275 e. The number of benzene rings is 2. The second-order valence-electron chi connectivity index (χ2n) is 5.87. The Morgan fingerprint density at radius 3 is 2.72 bits per heavy atom. The van der Waals surface area contributed by atoms with Gasteiger partial charge in [-0.15, -0.1) is 0 Å². The van der Waals surface area contributed by atoms with Crippen molar-refractivity contribution in [2.45, 2.75) is 13.0 Å². The smallest absolute Gasteiger partial charge is 0.275 e. The van der Waals surface area contributed by atoms with Gasteiger partial charge in [0.2, 0.25) is 0 Å². The van der Waals surface area contributed by atoms with E-state index in [2.05, 4.69) is 20.8 Å². The first kappa shape index (κ1) is 17.4. The number of halogens is 1. The second kappa shape index (κ2) is 7.21. The number of nitrogens with zero attached hydrogens (tertiary/aromatic N) is 3. The minimum Gasteiger partial charge on any atom is -0.370 e. The highest BCUT2D eigenvalue weighted by molar-refractivity contribution is 9.10. The Morgan fingerprint density at radius 2 is 2.08 bits per heavy atom. The van der Waals surface area contributed by atoms with E-state index in [-0.39, 0.29) is 11.8 Å². The summed E-state index contributed by atoms with van der Waals surface area (Å²) in [5, 5.41) is 20.5. The molecule has 0 amide bonds. The normalized spacial score (nSPS) is 17.2. The van der Waals surface area contributed by atoms with Crippen LogP contribution in [-0.4, -0.2) is 24.6 Å². The molecule has 2 aromatic carbocycles. The molecule has 128 valence electrons. The van der Waals surface area contributed by atoms with Crippen molar-refractivity contribution in [3.63, 3.8) is 0 Å². The molecular formula is C18H16BrN3O3. The molecule has 0 radical (unpaired) electrons. The van der Waals surface area contributed by atoms with Gasteiger partial charge in [-0.1, -0.05) is 28.1 Å². The maximum atomic E-state index is 11.3. The van der Waals surface area contributed by atoms with Crippen molar-refractivity contribution in [2.24, 2.45) is 0 Å². The van der Waals surface area contributed by atoms with E-state index < -0.39 is 4.92 Å². The molecule has 7 heteroatoms. The highest BCUT2D eigenvalue weighted by Crippen LogP contribution is 2.33. The summed E-state index contributed by atoms with van der Waals surface area (Å²) in [6, 6.07) is 13.0. The van der Waals surface area contributed by atoms with Gasteiger partial charge in [-0.2, -0.15) is 5.26 Å². The molecular weight excluding hydrogens is 386 g/mol. The topological polar surface area (TPSA) is 79.4 Å². The monoisotopic (exact) mass is 401 g/mol. The van der Waals surface area contributed by atoms with E-state index in [1.807, 2.05) is 30.3 Å². The van der Waals surface area contributed by atoms with Crippen molar-refractivity contribution >= 4 is 27.3 Å². The van der Waals surface area contributed by atoms with E-state index in [4.69, 9.17) is 4.74 Å². The molecule has 1 aliphatic heterocycles. The SMILES string of the molecule is Cc1c(N2CCOC(c3ccc(Br)cc3)C2)cc(C#N)cc1[N+](=O)[O-]. The minimum atomic E-state index is -0.438. The molecule has 0 N–H and O–H groups in total. The molecule has 0 spiro atoms. The molecule has 2 aromatic rings. The van der Waals surface area contributed by atoms with Crippen LogP contribution in [0.3, 0.4) is 0 Å². The van der Waals surface area contributed by atoms with E-state index in [1.54, 1.807) is 13.0 Å². The molecule has 0 aliphatic carbocycles. The standard InChI is InChI=1S/C18H16BrN3O3/c1-12-16(8-13(10-20)9-17(12)22(23)24)21-6-7-25-18(11-21)14-2-4-15(19)5-3-14/h2-5,8-9,18H,6-7,11H2,1H3. The lowest BCUT2D eigenvalue weighted by Crippen LogP contribution is -2.38. The number of morpholine rings is 1. The van der Waals surface area contributed by atoms with Crippen LogP contribution in [0.1, 0.15) is 22.8 Å². The number of hydrogen-bond acceptors (Lipinski definition) is 5. The van der Waals surface area contributed by atoms with E-state index in [0.29, 0.717) is 30.8 Å². The van der Waals surface area contributed by atoms with Crippen LogP contribution in [0.4, 0.5) is 11.4 Å². The zero-order chi connectivity index (χ0) is 18.0. The summed E-state index contributed by atoms with van der Waals surface area (Å²) in [7, 11) is 0. The summed E-state index contributed by atoms with van der Waals surface area (Å²) in [4.78, 5) is 12.9. The van der Waals surface area contributed by atoms with Crippen molar-refractivity contribution in [1.29, 1.82) is 5.26 Å². The van der Waals surface area contributed by atoms with Crippen molar-refractivity contribution in [3.05, 3.63) is 67.7 Å². The first-order valence-corrected chi connectivity index (χ1v) is 8.60. The fourth-order valence-corrected chi connectivity index (χ4v) is 3.28. The molecule has 25 heavy (non-hydrogen) atoms. The van der Waals surface area contributed by atoms with E-state index in [0.717, 1.165) is 15.7 Å². The van der Waals surface area contributed by atoms with Gasteiger partial charge in [0.05, 0.1) is 28.7 Å². The molecule has 1 fully saturated rings. The summed E-state index contributed by atoms with van der Waals surface area (Å²) >= 11 is 3.42. The van der Waals surface area contributed by atoms with Gasteiger partial charge < -0.3 is 9.64 Å². The maximum absolute atomic E-state index is 11.3. The van der Waals surface area contributed by atoms with Gasteiger partial charge in [0.15, 0.2) is 0 Å². The Morgan fingerprint density at radius 1 is 1.36 bits per heavy atom. The van der Waals surface area contributed by atoms with Crippen LogP contribution in [0, 0.1) is 28.4 Å². The van der Waals surface area contributed by atoms with Crippen molar-refractivity contribution < 1.29 is 9.66 Å². The van der Waals surface area contributed by atoms with Crippen LogP contribution in [0.2, 0.25) is 0 Å². The van der Waals surface area contributed by atoms with Crippen molar-refractivity contribution in [2.75, 3.05) is 24.6 Å². The molecule has 6 nitrogen and oxygen atoms in total. The molecule has 1 saturated heterocycles. The van der Waals surface area contributed by atoms with Crippen molar-refractivity contribution in [3.8, 4) is 6.07 Å². The lowest BCUT2D eigenvalue weighted by Gasteiger charge is -2.35. The van der Waals surface area contributed by atoms with Gasteiger partial charge in [0, 0.05) is 29.3 Å². The fraction of sp³-hybridized carbons (Fsp3) is 0.278. The van der Waals surface area contributed by atoms with Gasteiger partial charge in [-0.3, -0.25) is 10.1 Å². The van der Waals surface area contributed by atoms with Crippen LogP contribution in [0.5, 0.6) is 0 Å². The predicted octanol–water partition coefficient (Wildman–Crippen LogP) is 4.12. The molecule has 1 unspecified atom stereocenters. The molecule has 1 atom stereocenters. The Labute approximate surface area is 153 Å². The third-order valence-corrected chi connectivity index (χ3v) is 4.86. The van der Waals surface area contributed by atoms with Crippen LogP contribution >= 0.6 is 15.9 Å². The van der Waals surface area contributed by atoms with Crippen molar-refractivity contribution in [1.82, 2.24) is 0 Å². The molecule has 1 heterocycles. The van der Waals surface area contributed by atoms with Gasteiger partial charge in [-0.05, 0) is 30.7 Å². The highest BCUT2D eigenvalue weighted by atomic mass is 79.9. The third-order valence-electron chi connectivity index (χ3n) is 4.33. The minimum absolute atomic E-state index is 0.0271. The number of ether oxygens (including phenoxy) is 1. The van der Waals surface area contributed by atoms with Crippen LogP contribution in [-0.2, 0) is 4.74 Å². The third kappa shape index (κ3) is 3.65. The molecule has 0 aromatic heterocycles. The number of hydrogen-bond donors (Lipinski definition) is 0. The molecule has 0 saturated carbocycles. The number of nitro benzene ring substituents is 1. The summed E-state index contributed by atoms with van der Waals surface area (Å²) in [6.07, 6.45) is -0.119. The fourth-order valence-electron chi connectivity index (χ4n) is 3.01. The van der Waals surface area contributed by atoms with Gasteiger partial charge >= 0.3 is 0 Å².